The third-order valence-electron chi connectivity index (χ3n) is 2.84. The van der Waals surface area contributed by atoms with Gasteiger partial charge in [0.15, 0.2) is 0 Å². The Morgan fingerprint density at radius 1 is 1.37 bits per heavy atom. The minimum atomic E-state index is -0.451. The van der Waals surface area contributed by atoms with Gasteiger partial charge in [0.1, 0.15) is 16.3 Å². The van der Waals surface area contributed by atoms with E-state index in [1.54, 1.807) is 0 Å². The van der Waals surface area contributed by atoms with Crippen molar-refractivity contribution in [1.29, 1.82) is 0 Å². The van der Waals surface area contributed by atoms with Gasteiger partial charge in [-0.1, -0.05) is 30.4 Å². The van der Waals surface area contributed by atoms with Crippen LogP contribution in [0.4, 0.5) is 5.69 Å². The fourth-order valence-electron chi connectivity index (χ4n) is 2.00. The highest BCUT2D eigenvalue weighted by Crippen LogP contribution is 2.24. The molecule has 1 aromatic rings. The zero-order valence-electron chi connectivity index (χ0n) is 10.9. The number of aliphatic hydroxyl groups is 1. The number of thiocarbonyl (C=S) groups is 1. The Balaban J connectivity index is 2.22. The number of carbonyl (C=O) groups is 1. The number of hydrogen-bond donors (Lipinski definition) is 3. The van der Waals surface area contributed by atoms with E-state index < -0.39 is 5.54 Å². The van der Waals surface area contributed by atoms with Gasteiger partial charge < -0.3 is 15.7 Å². The van der Waals surface area contributed by atoms with E-state index in [1.165, 1.54) is 0 Å². The van der Waals surface area contributed by atoms with Gasteiger partial charge in [0.05, 0.1) is 0 Å². The van der Waals surface area contributed by atoms with E-state index in [0.717, 1.165) is 5.69 Å². The van der Waals surface area contributed by atoms with Crippen molar-refractivity contribution in [1.82, 2.24) is 5.32 Å². The summed E-state index contributed by atoms with van der Waals surface area (Å²) in [6.45, 7) is 3.71. The lowest BCUT2D eigenvalue weighted by Gasteiger charge is -2.31. The van der Waals surface area contributed by atoms with Crippen LogP contribution in [0.25, 0.3) is 0 Å². The molecule has 0 unspecified atom stereocenters. The molecule has 4 nitrogen and oxygen atoms in total. The molecule has 0 saturated carbocycles. The van der Waals surface area contributed by atoms with Gasteiger partial charge in [0.25, 0.3) is 5.91 Å². The summed E-state index contributed by atoms with van der Waals surface area (Å²) < 4.78 is 0. The summed E-state index contributed by atoms with van der Waals surface area (Å²) in [6.07, 6.45) is 0.366. The Kier molecular flexibility index (Phi) is 3.57. The van der Waals surface area contributed by atoms with Crippen LogP contribution < -0.4 is 10.6 Å². The Morgan fingerprint density at radius 3 is 2.58 bits per heavy atom. The number of amides is 1. The Hall–Kier alpha value is -1.88. The molecule has 19 heavy (non-hydrogen) atoms. The maximum absolute atomic E-state index is 12.0. The highest BCUT2D eigenvalue weighted by Gasteiger charge is 2.33. The average molecular weight is 276 g/mol. The van der Waals surface area contributed by atoms with Crippen LogP contribution in [0, 0.1) is 0 Å². The number of carbonyl (C=O) groups excluding carboxylic acids is 1. The first-order valence-electron chi connectivity index (χ1n) is 6.00. The second kappa shape index (κ2) is 5.01. The highest BCUT2D eigenvalue weighted by atomic mass is 32.1. The molecule has 0 radical (unpaired) electrons. The van der Waals surface area contributed by atoms with Crippen LogP contribution in [0.5, 0.6) is 0 Å². The van der Waals surface area contributed by atoms with Crippen LogP contribution in [-0.4, -0.2) is 21.5 Å². The second-order valence-electron chi connectivity index (χ2n) is 5.16. The van der Waals surface area contributed by atoms with E-state index in [-0.39, 0.29) is 22.2 Å². The fraction of sp³-hybridized carbons (Fsp3) is 0.286. The smallest absolute Gasteiger partial charge is 0.258 e. The second-order valence-corrected chi connectivity index (χ2v) is 5.56. The van der Waals surface area contributed by atoms with Crippen molar-refractivity contribution >= 4 is 28.8 Å². The van der Waals surface area contributed by atoms with Crippen molar-refractivity contribution in [3.05, 3.63) is 41.7 Å². The molecule has 2 rings (SSSR count). The lowest BCUT2D eigenvalue weighted by atomic mass is 9.92. The maximum Gasteiger partial charge on any atom is 0.258 e. The molecular formula is C14H16N2O2S. The van der Waals surface area contributed by atoms with Crippen LogP contribution in [0.2, 0.25) is 0 Å². The summed E-state index contributed by atoms with van der Waals surface area (Å²) in [6, 6.07) is 9.30. The first-order valence-corrected chi connectivity index (χ1v) is 6.41. The first kappa shape index (κ1) is 13.5. The first-order chi connectivity index (χ1) is 8.89. The standard InChI is InChI=1S/C14H16N2O2S/c1-14(2)8-10(17)11(12(18)16-14)13(19)15-9-6-4-3-5-7-9/h3-7,17H,8H2,1-2H3,(H,15,19)(H,16,18). The number of para-hydroxylation sites is 1. The molecule has 0 saturated heterocycles. The zero-order chi connectivity index (χ0) is 14.0. The summed E-state index contributed by atoms with van der Waals surface area (Å²) in [5, 5.41) is 15.8. The average Bonchev–Trinajstić information content (AvgIpc) is 2.27. The van der Waals surface area contributed by atoms with Gasteiger partial charge in [0, 0.05) is 17.6 Å². The molecule has 0 spiro atoms. The van der Waals surface area contributed by atoms with Crippen molar-refractivity contribution in [2.45, 2.75) is 25.8 Å². The molecule has 5 heteroatoms. The minimum absolute atomic E-state index is 0.0298. The largest absolute Gasteiger partial charge is 0.511 e. The molecule has 1 aliphatic heterocycles. The molecular weight excluding hydrogens is 260 g/mol. The van der Waals surface area contributed by atoms with E-state index >= 15 is 0 Å². The van der Waals surface area contributed by atoms with Gasteiger partial charge in [0.2, 0.25) is 0 Å². The van der Waals surface area contributed by atoms with Crippen LogP contribution in [-0.2, 0) is 4.79 Å². The summed E-state index contributed by atoms with van der Waals surface area (Å²) in [7, 11) is 0. The molecule has 1 aromatic carbocycles. The molecule has 3 N–H and O–H groups in total. The quantitative estimate of drug-likeness (QED) is 0.726. The van der Waals surface area contributed by atoms with Gasteiger partial charge in [-0.2, -0.15) is 0 Å². The SMILES string of the molecule is CC1(C)CC(O)=C(C(=S)Nc2ccccc2)C(=O)N1. The summed E-state index contributed by atoms with van der Waals surface area (Å²) in [5.74, 6) is -0.315. The number of benzene rings is 1. The number of hydrogen-bond acceptors (Lipinski definition) is 3. The molecule has 0 aliphatic carbocycles. The topological polar surface area (TPSA) is 61.4 Å². The van der Waals surface area contributed by atoms with E-state index in [0.29, 0.717) is 6.42 Å². The maximum atomic E-state index is 12.0. The predicted octanol–water partition coefficient (Wildman–Crippen LogP) is 2.54. The molecule has 0 atom stereocenters. The van der Waals surface area contributed by atoms with E-state index in [2.05, 4.69) is 10.6 Å². The van der Waals surface area contributed by atoms with Crippen molar-refractivity contribution in [3.63, 3.8) is 0 Å². The van der Waals surface area contributed by atoms with Crippen LogP contribution in [0.15, 0.2) is 41.7 Å². The Bertz CT molecular complexity index is 550. The number of aliphatic hydroxyl groups excluding tert-OH is 1. The highest BCUT2D eigenvalue weighted by molar-refractivity contribution is 7.81. The molecule has 0 aromatic heterocycles. The summed E-state index contributed by atoms with van der Waals surface area (Å²) in [5.41, 5.74) is 0.483. The number of anilines is 1. The molecule has 1 amide bonds. The minimum Gasteiger partial charge on any atom is -0.511 e. The monoisotopic (exact) mass is 276 g/mol. The van der Waals surface area contributed by atoms with E-state index in [1.807, 2.05) is 44.2 Å². The Labute approximate surface area is 117 Å². The third kappa shape index (κ3) is 3.12. The molecule has 1 heterocycles. The van der Waals surface area contributed by atoms with Crippen LogP contribution >= 0.6 is 12.2 Å². The molecule has 0 bridgehead atoms. The van der Waals surface area contributed by atoms with Gasteiger partial charge in [-0.05, 0) is 26.0 Å². The summed E-state index contributed by atoms with van der Waals surface area (Å²) in [4.78, 5) is 12.2. The van der Waals surface area contributed by atoms with Crippen LogP contribution in [0.1, 0.15) is 20.3 Å². The number of rotatable bonds is 2. The van der Waals surface area contributed by atoms with Gasteiger partial charge in [-0.15, -0.1) is 0 Å². The van der Waals surface area contributed by atoms with Gasteiger partial charge >= 0.3 is 0 Å². The van der Waals surface area contributed by atoms with Crippen molar-refractivity contribution in [2.75, 3.05) is 5.32 Å². The fourth-order valence-corrected chi connectivity index (χ4v) is 2.33. The normalized spacial score (nSPS) is 17.9. The lowest BCUT2D eigenvalue weighted by molar-refractivity contribution is -0.119. The summed E-state index contributed by atoms with van der Waals surface area (Å²) >= 11 is 5.20. The zero-order valence-corrected chi connectivity index (χ0v) is 11.7. The van der Waals surface area contributed by atoms with E-state index in [9.17, 15) is 9.90 Å². The predicted molar refractivity (Wildman–Crippen MR) is 79.2 cm³/mol. The lowest BCUT2D eigenvalue weighted by Crippen LogP contribution is -2.49. The Morgan fingerprint density at radius 2 is 2.00 bits per heavy atom. The third-order valence-corrected chi connectivity index (χ3v) is 3.14. The van der Waals surface area contributed by atoms with Crippen molar-refractivity contribution < 1.29 is 9.90 Å². The van der Waals surface area contributed by atoms with Gasteiger partial charge in [-0.25, -0.2) is 0 Å². The van der Waals surface area contributed by atoms with Crippen molar-refractivity contribution in [3.8, 4) is 0 Å². The molecule has 0 fully saturated rings. The molecule has 100 valence electrons. The molecule has 1 aliphatic rings. The van der Waals surface area contributed by atoms with Gasteiger partial charge in [-0.3, -0.25) is 4.79 Å². The van der Waals surface area contributed by atoms with Crippen molar-refractivity contribution in [2.24, 2.45) is 0 Å². The number of nitrogens with one attached hydrogen (secondary N) is 2. The van der Waals surface area contributed by atoms with E-state index in [4.69, 9.17) is 12.2 Å². The van der Waals surface area contributed by atoms with Crippen LogP contribution in [0.3, 0.4) is 0 Å².